The van der Waals surface area contributed by atoms with Crippen molar-refractivity contribution < 1.29 is 18.7 Å². The molecule has 1 heterocycles. The van der Waals surface area contributed by atoms with Crippen LogP contribution in [-0.4, -0.2) is 48.5 Å². The number of nitrogens with one attached hydrogen (secondary N) is 1. The van der Waals surface area contributed by atoms with Crippen LogP contribution >= 0.6 is 11.6 Å². The molecule has 0 spiro atoms. The van der Waals surface area contributed by atoms with Crippen molar-refractivity contribution >= 4 is 23.6 Å². The van der Waals surface area contributed by atoms with E-state index in [1.807, 2.05) is 0 Å². The van der Waals surface area contributed by atoms with Gasteiger partial charge in [0.2, 0.25) is 5.91 Å². The van der Waals surface area contributed by atoms with Gasteiger partial charge < -0.3 is 15.0 Å². The van der Waals surface area contributed by atoms with Crippen LogP contribution in [0.3, 0.4) is 0 Å². The van der Waals surface area contributed by atoms with Crippen molar-refractivity contribution in [2.45, 2.75) is 25.3 Å². The van der Waals surface area contributed by atoms with Crippen LogP contribution in [0.15, 0.2) is 24.3 Å². The van der Waals surface area contributed by atoms with Gasteiger partial charge in [-0.1, -0.05) is 12.1 Å². The second-order valence-corrected chi connectivity index (χ2v) is 5.81. The molecule has 0 radical (unpaired) electrons. The van der Waals surface area contributed by atoms with Gasteiger partial charge in [0.15, 0.2) is 0 Å². The topological polar surface area (TPSA) is 58.6 Å². The van der Waals surface area contributed by atoms with Crippen LogP contribution < -0.4 is 5.32 Å². The van der Waals surface area contributed by atoms with Gasteiger partial charge in [-0.05, 0) is 30.5 Å². The predicted octanol–water partition coefficient (Wildman–Crippen LogP) is 2.32. The molecule has 1 N–H and O–H groups in total. The van der Waals surface area contributed by atoms with E-state index in [-0.39, 0.29) is 36.7 Å². The average Bonchev–Trinajstić information content (AvgIpc) is 2.55. The molecule has 1 saturated heterocycles. The molecule has 0 saturated carbocycles. The summed E-state index contributed by atoms with van der Waals surface area (Å²) in [7, 11) is 0. The van der Waals surface area contributed by atoms with Crippen LogP contribution in [0.2, 0.25) is 0 Å². The minimum atomic E-state index is -0.471. The van der Waals surface area contributed by atoms with Gasteiger partial charge in [0.05, 0.1) is 12.3 Å². The van der Waals surface area contributed by atoms with Crippen LogP contribution in [-0.2, 0) is 16.0 Å². The number of amides is 2. The van der Waals surface area contributed by atoms with E-state index >= 15 is 0 Å². The van der Waals surface area contributed by atoms with E-state index in [0.29, 0.717) is 25.9 Å². The Morgan fingerprint density at radius 3 is 2.52 bits per heavy atom. The lowest BCUT2D eigenvalue weighted by Crippen LogP contribution is -2.47. The summed E-state index contributed by atoms with van der Waals surface area (Å²) in [4.78, 5) is 25.4. The van der Waals surface area contributed by atoms with Crippen molar-refractivity contribution in [3.05, 3.63) is 35.6 Å². The Bertz CT molecular complexity index is 531. The first kappa shape index (κ1) is 17.5. The second kappa shape index (κ2) is 8.72. The lowest BCUT2D eigenvalue weighted by atomic mass is 10.0. The molecule has 1 aliphatic heterocycles. The summed E-state index contributed by atoms with van der Waals surface area (Å²) < 4.78 is 17.7. The number of hydrogen-bond donors (Lipinski definition) is 1. The third kappa shape index (κ3) is 5.71. The van der Waals surface area contributed by atoms with Crippen LogP contribution in [0.1, 0.15) is 18.4 Å². The number of hydrogen-bond acceptors (Lipinski definition) is 3. The largest absolute Gasteiger partial charge is 0.448 e. The monoisotopic (exact) mass is 342 g/mol. The molecule has 1 aromatic rings. The second-order valence-electron chi connectivity index (χ2n) is 5.43. The molecular formula is C16H20ClFN2O3. The molecule has 0 bridgehead atoms. The van der Waals surface area contributed by atoms with Gasteiger partial charge in [0.1, 0.15) is 12.4 Å². The van der Waals surface area contributed by atoms with Crippen molar-refractivity contribution in [3.8, 4) is 0 Å². The third-order valence-corrected chi connectivity index (χ3v) is 3.90. The number of carbonyl (C=O) groups excluding carboxylic acids is 2. The number of alkyl carbamates (subject to hydrolysis) is 1. The predicted molar refractivity (Wildman–Crippen MR) is 84.9 cm³/mol. The van der Waals surface area contributed by atoms with E-state index in [1.54, 1.807) is 17.0 Å². The zero-order chi connectivity index (χ0) is 16.7. The number of piperidine rings is 1. The Labute approximate surface area is 139 Å². The third-order valence-electron chi connectivity index (χ3n) is 3.75. The minimum Gasteiger partial charge on any atom is -0.448 e. The number of nitrogens with zero attached hydrogens (tertiary/aromatic N) is 1. The molecule has 126 valence electrons. The summed E-state index contributed by atoms with van der Waals surface area (Å²) in [5, 5.41) is 2.77. The fourth-order valence-electron chi connectivity index (χ4n) is 2.50. The first-order chi connectivity index (χ1) is 11.1. The zero-order valence-corrected chi connectivity index (χ0v) is 13.5. The molecule has 1 aromatic carbocycles. The molecule has 2 amide bonds. The van der Waals surface area contributed by atoms with Gasteiger partial charge in [-0.3, -0.25) is 4.79 Å². The van der Waals surface area contributed by atoms with Gasteiger partial charge >= 0.3 is 6.09 Å². The lowest BCUT2D eigenvalue weighted by molar-refractivity contribution is -0.131. The summed E-state index contributed by atoms with van der Waals surface area (Å²) in [6.07, 6.45) is 1.16. The quantitative estimate of drug-likeness (QED) is 0.835. The molecule has 5 nitrogen and oxygen atoms in total. The van der Waals surface area contributed by atoms with E-state index in [2.05, 4.69) is 5.32 Å². The van der Waals surface area contributed by atoms with E-state index in [1.165, 1.54) is 12.1 Å². The molecule has 0 aliphatic carbocycles. The van der Waals surface area contributed by atoms with Crippen molar-refractivity contribution in [1.29, 1.82) is 0 Å². The van der Waals surface area contributed by atoms with Crippen LogP contribution in [0.4, 0.5) is 9.18 Å². The molecule has 0 unspecified atom stereocenters. The van der Waals surface area contributed by atoms with Gasteiger partial charge in [-0.25, -0.2) is 9.18 Å². The standard InChI is InChI=1S/C16H20ClFN2O3/c17-7-10-23-16(22)19-14-5-8-20(9-6-14)15(21)11-12-1-3-13(18)4-2-12/h1-4,14H,5-11H2,(H,19,22). The fraction of sp³-hybridized carbons (Fsp3) is 0.500. The fourth-order valence-corrected chi connectivity index (χ4v) is 2.58. The number of benzene rings is 1. The van der Waals surface area contributed by atoms with Gasteiger partial charge in [-0.15, -0.1) is 11.6 Å². The van der Waals surface area contributed by atoms with Crippen LogP contribution in [0.5, 0.6) is 0 Å². The Morgan fingerprint density at radius 2 is 1.91 bits per heavy atom. The number of halogens is 2. The molecule has 1 fully saturated rings. The average molecular weight is 343 g/mol. The first-order valence-corrected chi connectivity index (χ1v) is 8.13. The molecule has 1 aliphatic rings. The Balaban J connectivity index is 1.74. The maximum atomic E-state index is 12.9. The Morgan fingerprint density at radius 1 is 1.26 bits per heavy atom. The van der Waals surface area contributed by atoms with E-state index in [0.717, 1.165) is 5.56 Å². The minimum absolute atomic E-state index is 0.00713. The van der Waals surface area contributed by atoms with Crippen LogP contribution in [0.25, 0.3) is 0 Å². The molecule has 2 rings (SSSR count). The van der Waals surface area contributed by atoms with E-state index < -0.39 is 6.09 Å². The Kier molecular flexibility index (Phi) is 6.65. The SMILES string of the molecule is O=C(NC1CCN(C(=O)Cc2ccc(F)cc2)CC1)OCCCl. The van der Waals surface area contributed by atoms with Gasteiger partial charge in [0, 0.05) is 19.1 Å². The van der Waals surface area contributed by atoms with E-state index in [4.69, 9.17) is 16.3 Å². The molecule has 7 heteroatoms. The lowest BCUT2D eigenvalue weighted by Gasteiger charge is -2.32. The zero-order valence-electron chi connectivity index (χ0n) is 12.8. The number of alkyl halides is 1. The van der Waals surface area contributed by atoms with Gasteiger partial charge in [0.25, 0.3) is 0 Å². The summed E-state index contributed by atoms with van der Waals surface area (Å²) in [6.45, 7) is 1.35. The highest BCUT2D eigenvalue weighted by Crippen LogP contribution is 2.13. The van der Waals surface area contributed by atoms with Crippen molar-refractivity contribution in [2.75, 3.05) is 25.6 Å². The normalized spacial score (nSPS) is 15.3. The van der Waals surface area contributed by atoms with Crippen molar-refractivity contribution in [3.63, 3.8) is 0 Å². The summed E-state index contributed by atoms with van der Waals surface area (Å²) in [6, 6.07) is 5.95. The van der Waals surface area contributed by atoms with E-state index in [9.17, 15) is 14.0 Å². The Hall–Kier alpha value is -1.82. The maximum absolute atomic E-state index is 12.9. The van der Waals surface area contributed by atoms with Crippen molar-refractivity contribution in [2.24, 2.45) is 0 Å². The van der Waals surface area contributed by atoms with Crippen LogP contribution in [0, 0.1) is 5.82 Å². The smallest absolute Gasteiger partial charge is 0.407 e. The number of carbonyl (C=O) groups is 2. The summed E-state index contributed by atoms with van der Waals surface area (Å²) >= 11 is 5.45. The molecule has 23 heavy (non-hydrogen) atoms. The maximum Gasteiger partial charge on any atom is 0.407 e. The highest BCUT2D eigenvalue weighted by atomic mass is 35.5. The summed E-state index contributed by atoms with van der Waals surface area (Å²) in [5.74, 6) is -0.0297. The highest BCUT2D eigenvalue weighted by molar-refractivity contribution is 6.18. The molecule has 0 atom stereocenters. The highest BCUT2D eigenvalue weighted by Gasteiger charge is 2.24. The number of ether oxygens (including phenoxy) is 1. The number of likely N-dealkylation sites (tertiary alicyclic amines) is 1. The van der Waals surface area contributed by atoms with Crippen molar-refractivity contribution in [1.82, 2.24) is 10.2 Å². The molecule has 0 aromatic heterocycles. The first-order valence-electron chi connectivity index (χ1n) is 7.60. The molecular weight excluding hydrogens is 323 g/mol. The van der Waals surface area contributed by atoms with Gasteiger partial charge in [-0.2, -0.15) is 0 Å². The summed E-state index contributed by atoms with van der Waals surface area (Å²) in [5.41, 5.74) is 0.793. The number of rotatable bonds is 5.